The predicted molar refractivity (Wildman–Crippen MR) is 147 cm³/mol. The van der Waals surface area contributed by atoms with Crippen LogP contribution in [-0.4, -0.2) is 25.2 Å². The number of hydrogen-bond acceptors (Lipinski definition) is 4. The molecule has 0 aromatic heterocycles. The Morgan fingerprint density at radius 3 is 2.14 bits per heavy atom. The number of fused-ring (bicyclic) bond motifs is 7. The molecule has 4 heteroatoms. The van der Waals surface area contributed by atoms with Crippen LogP contribution in [0.3, 0.4) is 0 Å². The van der Waals surface area contributed by atoms with Crippen LogP contribution < -0.4 is 0 Å². The molecule has 0 aromatic carbocycles. The number of methoxy groups -OCH3 is 1. The predicted octanol–water partition coefficient (Wildman–Crippen LogP) is 7.75. The molecule has 4 nitrogen and oxygen atoms in total. The second-order valence-electron chi connectivity index (χ2n) is 15.9. The normalized spacial score (nSPS) is 49.5. The molecular formula is C33H52O4. The van der Waals surface area contributed by atoms with E-state index in [9.17, 15) is 9.59 Å². The summed E-state index contributed by atoms with van der Waals surface area (Å²) in [5, 5.41) is 0. The first kappa shape index (κ1) is 27.3. The molecule has 5 rings (SSSR count). The van der Waals surface area contributed by atoms with Crippen molar-refractivity contribution < 1.29 is 19.1 Å². The number of rotatable bonds is 2. The summed E-state index contributed by atoms with van der Waals surface area (Å²) in [7, 11) is 1.59. The van der Waals surface area contributed by atoms with Crippen LogP contribution in [0.4, 0.5) is 0 Å². The fraction of sp³-hybridized carbons (Fsp3) is 0.879. The van der Waals surface area contributed by atoms with Gasteiger partial charge in [0.1, 0.15) is 6.10 Å². The molecule has 0 bridgehead atoms. The molecule has 3 unspecified atom stereocenters. The molecule has 5 aliphatic rings. The maximum absolute atomic E-state index is 13.4. The highest BCUT2D eigenvalue weighted by Gasteiger charge is 2.70. The molecule has 0 saturated heterocycles. The van der Waals surface area contributed by atoms with Crippen molar-refractivity contribution >= 4 is 11.9 Å². The number of hydrogen-bond donors (Lipinski definition) is 0. The topological polar surface area (TPSA) is 52.6 Å². The number of carbonyl (C=O) groups excluding carboxylic acids is 2. The van der Waals surface area contributed by atoms with Crippen molar-refractivity contribution in [2.24, 2.45) is 56.2 Å². The lowest BCUT2D eigenvalue weighted by atomic mass is 9.33. The molecule has 9 atom stereocenters. The summed E-state index contributed by atoms with van der Waals surface area (Å²) in [6.45, 7) is 18.8. The van der Waals surface area contributed by atoms with Gasteiger partial charge in [-0.25, -0.2) is 0 Å². The Hall–Kier alpha value is -1.32. The van der Waals surface area contributed by atoms with Crippen molar-refractivity contribution in [1.82, 2.24) is 0 Å². The highest BCUT2D eigenvalue weighted by atomic mass is 16.5. The van der Waals surface area contributed by atoms with Gasteiger partial charge in [-0.15, -0.1) is 0 Å². The summed E-state index contributed by atoms with van der Waals surface area (Å²) in [5.74, 6) is 1.66. The summed E-state index contributed by atoms with van der Waals surface area (Å²) >= 11 is 0. The first-order valence-electron chi connectivity index (χ1n) is 15.0. The smallest absolute Gasteiger partial charge is 0.312 e. The van der Waals surface area contributed by atoms with Crippen molar-refractivity contribution in [3.05, 3.63) is 12.2 Å². The third-order valence-corrected chi connectivity index (χ3v) is 13.5. The lowest BCUT2D eigenvalue weighted by Crippen LogP contribution is -2.66. The number of allylic oxidation sites excluding steroid dienone is 2. The molecular weight excluding hydrogens is 460 g/mol. The fourth-order valence-corrected chi connectivity index (χ4v) is 11.3. The van der Waals surface area contributed by atoms with E-state index in [0.717, 1.165) is 44.9 Å². The van der Waals surface area contributed by atoms with Gasteiger partial charge in [-0.3, -0.25) is 9.59 Å². The lowest BCUT2D eigenvalue weighted by molar-refractivity contribution is -0.226. The summed E-state index contributed by atoms with van der Waals surface area (Å²) in [6.07, 6.45) is 14.8. The minimum atomic E-state index is -0.326. The quantitative estimate of drug-likeness (QED) is 0.280. The Kier molecular flexibility index (Phi) is 6.14. The van der Waals surface area contributed by atoms with Crippen LogP contribution in [-0.2, 0) is 19.1 Å². The second kappa shape index (κ2) is 8.34. The van der Waals surface area contributed by atoms with Crippen LogP contribution in [0.25, 0.3) is 0 Å². The molecule has 208 valence electrons. The van der Waals surface area contributed by atoms with Crippen LogP contribution in [0.2, 0.25) is 0 Å². The average molecular weight is 513 g/mol. The number of ether oxygens (including phenoxy) is 2. The first-order chi connectivity index (χ1) is 17.1. The summed E-state index contributed by atoms with van der Waals surface area (Å²) in [6, 6.07) is 0. The van der Waals surface area contributed by atoms with Crippen molar-refractivity contribution in [2.75, 3.05) is 7.11 Å². The van der Waals surface area contributed by atoms with Crippen LogP contribution in [0.1, 0.15) is 113 Å². The largest absolute Gasteiger partial charge is 0.469 e. The summed E-state index contributed by atoms with van der Waals surface area (Å²) < 4.78 is 11.4. The maximum atomic E-state index is 13.4. The standard InChI is InChI=1S/C33H52O4/c1-21(34)37-26-13-14-30(6)24(29(26,4)5)12-15-32(8)25(30)11-10-22-23-20-28(2,3)16-18-33(23,27(35)36-9)19-17-31(22,32)7/h10-11,22-26H,12-20H2,1-9H3/t22?,23-,24?,25?,26+,30+,31-,32-,33+/m1/s1. The molecule has 0 spiro atoms. The van der Waals surface area contributed by atoms with Crippen molar-refractivity contribution in [2.45, 2.75) is 119 Å². The van der Waals surface area contributed by atoms with Gasteiger partial charge in [0.15, 0.2) is 0 Å². The highest BCUT2D eigenvalue weighted by Crippen LogP contribution is 2.75. The zero-order valence-corrected chi connectivity index (χ0v) is 25.0. The maximum Gasteiger partial charge on any atom is 0.312 e. The lowest BCUT2D eigenvalue weighted by Gasteiger charge is -2.71. The second-order valence-corrected chi connectivity index (χ2v) is 15.9. The SMILES string of the molecule is COC(=O)[C@]12CCC(C)(C)C[C@@H]1C1C=CC3[C@@]4(C)CC[C@H](OC(C)=O)C(C)(C)C4CC[C@@]3(C)[C@]1(C)CC2. The van der Waals surface area contributed by atoms with Gasteiger partial charge in [0, 0.05) is 12.3 Å². The minimum Gasteiger partial charge on any atom is -0.469 e. The Morgan fingerprint density at radius 2 is 1.49 bits per heavy atom. The van der Waals surface area contributed by atoms with Gasteiger partial charge in [-0.1, -0.05) is 60.6 Å². The molecule has 4 saturated carbocycles. The van der Waals surface area contributed by atoms with E-state index in [-0.39, 0.29) is 50.5 Å². The molecule has 0 N–H and O–H groups in total. The van der Waals surface area contributed by atoms with Crippen LogP contribution in [0.15, 0.2) is 12.2 Å². The Morgan fingerprint density at radius 1 is 0.811 bits per heavy atom. The third-order valence-electron chi connectivity index (χ3n) is 13.5. The van der Waals surface area contributed by atoms with Gasteiger partial charge >= 0.3 is 11.9 Å². The molecule has 0 amide bonds. The van der Waals surface area contributed by atoms with Crippen molar-refractivity contribution in [3.63, 3.8) is 0 Å². The monoisotopic (exact) mass is 512 g/mol. The van der Waals surface area contributed by atoms with E-state index in [2.05, 4.69) is 60.6 Å². The molecule has 0 heterocycles. The minimum absolute atomic E-state index is 0.00293. The fourth-order valence-electron chi connectivity index (χ4n) is 11.3. The van der Waals surface area contributed by atoms with Crippen molar-refractivity contribution in [1.29, 1.82) is 0 Å². The Labute approximate surface area is 225 Å². The summed E-state index contributed by atoms with van der Waals surface area (Å²) in [4.78, 5) is 25.3. The van der Waals surface area contributed by atoms with E-state index in [0.29, 0.717) is 23.7 Å². The molecule has 0 aromatic rings. The van der Waals surface area contributed by atoms with E-state index in [1.165, 1.54) is 12.8 Å². The van der Waals surface area contributed by atoms with Crippen LogP contribution in [0, 0.1) is 56.2 Å². The molecule has 0 aliphatic heterocycles. The summed E-state index contributed by atoms with van der Waals surface area (Å²) in [5.41, 5.74) is 0.423. The van der Waals surface area contributed by atoms with E-state index >= 15 is 0 Å². The van der Waals surface area contributed by atoms with Gasteiger partial charge in [-0.05, 0) is 103 Å². The van der Waals surface area contributed by atoms with E-state index in [1.807, 2.05) is 0 Å². The number of carbonyl (C=O) groups is 2. The zero-order chi connectivity index (χ0) is 27.2. The van der Waals surface area contributed by atoms with Crippen LogP contribution in [0.5, 0.6) is 0 Å². The highest BCUT2D eigenvalue weighted by molar-refractivity contribution is 5.78. The van der Waals surface area contributed by atoms with Crippen LogP contribution >= 0.6 is 0 Å². The van der Waals surface area contributed by atoms with Gasteiger partial charge in [0.2, 0.25) is 0 Å². The first-order valence-corrected chi connectivity index (χ1v) is 15.0. The number of esters is 2. The Balaban J connectivity index is 1.55. The molecule has 4 fully saturated rings. The molecule has 0 radical (unpaired) electrons. The van der Waals surface area contributed by atoms with Gasteiger partial charge < -0.3 is 9.47 Å². The molecule has 5 aliphatic carbocycles. The van der Waals surface area contributed by atoms with E-state index in [1.54, 1.807) is 14.0 Å². The third kappa shape index (κ3) is 3.58. The molecule has 37 heavy (non-hydrogen) atoms. The van der Waals surface area contributed by atoms with Crippen molar-refractivity contribution in [3.8, 4) is 0 Å². The van der Waals surface area contributed by atoms with Gasteiger partial charge in [-0.2, -0.15) is 0 Å². The van der Waals surface area contributed by atoms with Gasteiger partial charge in [0.25, 0.3) is 0 Å². The average Bonchev–Trinajstić information content (AvgIpc) is 2.80. The Bertz CT molecular complexity index is 994. The van der Waals surface area contributed by atoms with E-state index < -0.39 is 0 Å². The zero-order valence-electron chi connectivity index (χ0n) is 25.0. The van der Waals surface area contributed by atoms with Gasteiger partial charge in [0.05, 0.1) is 12.5 Å². The van der Waals surface area contributed by atoms with E-state index in [4.69, 9.17) is 9.47 Å².